The minimum absolute atomic E-state index is 0.0668. The molecule has 1 aliphatic rings. The molecule has 0 amide bonds. The highest BCUT2D eigenvalue weighted by molar-refractivity contribution is 5.95. The number of benzene rings is 1. The van der Waals surface area contributed by atoms with Crippen LogP contribution in [0.15, 0.2) is 30.4 Å². The number of carboxylic acid groups (broad SMARTS) is 1. The second kappa shape index (κ2) is 12.0. The van der Waals surface area contributed by atoms with Gasteiger partial charge in [0, 0.05) is 13.2 Å². The molecule has 196 valence electrons. The topological polar surface area (TPSA) is 124 Å². The van der Waals surface area contributed by atoms with Gasteiger partial charge >= 0.3 is 5.97 Å². The van der Waals surface area contributed by atoms with E-state index in [4.69, 9.17) is 23.7 Å². The fourth-order valence-corrected chi connectivity index (χ4v) is 3.52. The molecule has 0 aromatic heterocycles. The van der Waals surface area contributed by atoms with E-state index in [1.165, 1.54) is 40.2 Å². The van der Waals surface area contributed by atoms with Crippen LogP contribution >= 0.6 is 0 Å². The number of aliphatic hydroxyl groups is 2. The normalized spacial score (nSPS) is 23.3. The maximum absolute atomic E-state index is 14.4. The van der Waals surface area contributed by atoms with Crippen molar-refractivity contribution in [3.63, 3.8) is 0 Å². The molecule has 9 nitrogen and oxygen atoms in total. The molecule has 10 heteroatoms. The highest BCUT2D eigenvalue weighted by Crippen LogP contribution is 2.34. The van der Waals surface area contributed by atoms with Gasteiger partial charge in [-0.3, -0.25) is 0 Å². The maximum Gasteiger partial charge on any atom is 0.340 e. The Morgan fingerprint density at radius 3 is 2.54 bits per heavy atom. The van der Waals surface area contributed by atoms with Crippen molar-refractivity contribution in [1.29, 1.82) is 0 Å². The van der Waals surface area contributed by atoms with Gasteiger partial charge in [0.05, 0.1) is 19.3 Å². The zero-order chi connectivity index (χ0) is 26.4. The smallest absolute Gasteiger partial charge is 0.340 e. The lowest BCUT2D eigenvalue weighted by Gasteiger charge is -2.22. The molecule has 5 atom stereocenters. The van der Waals surface area contributed by atoms with Crippen molar-refractivity contribution in [2.24, 2.45) is 0 Å². The number of alkyl halides is 1. The minimum Gasteiger partial charge on any atom is -0.497 e. The molecule has 0 spiro atoms. The zero-order valence-electron chi connectivity index (χ0n) is 20.9. The molecule has 0 saturated carbocycles. The van der Waals surface area contributed by atoms with Crippen molar-refractivity contribution < 1.29 is 48.2 Å². The van der Waals surface area contributed by atoms with Gasteiger partial charge in [-0.1, -0.05) is 18.2 Å². The number of methoxy groups -OCH3 is 2. The van der Waals surface area contributed by atoms with E-state index in [-0.39, 0.29) is 24.5 Å². The van der Waals surface area contributed by atoms with E-state index in [9.17, 15) is 24.5 Å². The highest BCUT2D eigenvalue weighted by Gasteiger charge is 2.43. The van der Waals surface area contributed by atoms with Crippen molar-refractivity contribution >= 4 is 12.0 Å². The molecule has 0 bridgehead atoms. The van der Waals surface area contributed by atoms with Crippen LogP contribution in [0.25, 0.3) is 6.08 Å². The first-order chi connectivity index (χ1) is 16.3. The Morgan fingerprint density at radius 1 is 1.29 bits per heavy atom. The third-order valence-corrected chi connectivity index (χ3v) is 5.55. The van der Waals surface area contributed by atoms with Gasteiger partial charge in [-0.25, -0.2) is 9.18 Å². The molecule has 0 aliphatic carbocycles. The van der Waals surface area contributed by atoms with Crippen LogP contribution in [0.4, 0.5) is 4.39 Å². The summed E-state index contributed by atoms with van der Waals surface area (Å²) in [6, 6.07) is 3.02. The van der Waals surface area contributed by atoms with E-state index in [1.54, 1.807) is 32.1 Å². The number of carboxylic acids is 1. The molecule has 1 fully saturated rings. The highest BCUT2D eigenvalue weighted by atomic mass is 19.1. The van der Waals surface area contributed by atoms with Crippen molar-refractivity contribution in [2.45, 2.75) is 70.0 Å². The third kappa shape index (κ3) is 7.74. The lowest BCUT2D eigenvalue weighted by Crippen LogP contribution is -2.35. The Hall–Kier alpha value is -2.50. The zero-order valence-corrected chi connectivity index (χ0v) is 20.9. The summed E-state index contributed by atoms with van der Waals surface area (Å²) in [5, 5.41) is 29.9. The lowest BCUT2D eigenvalue weighted by molar-refractivity contribution is -0.152. The van der Waals surface area contributed by atoms with Crippen molar-refractivity contribution in [3.05, 3.63) is 41.5 Å². The van der Waals surface area contributed by atoms with E-state index < -0.39 is 41.8 Å². The molecule has 1 aromatic carbocycles. The Labute approximate surface area is 204 Å². The standard InChI is InChI=1S/C25H35FO9/c1-15(27)25(4,26)11-10-18(28)22-19(34-24(2,3)35-22)9-7-8-16-12-17(32-6)13-20(33-14-31-5)21(16)23(29)30/h7-8,10-13,15,18-19,22,27-28H,9,14H2,1-6H3,(H,29,30)/b8-7+,11-10-/t15?,18?,19-,22+,25?/m0/s1. The summed E-state index contributed by atoms with van der Waals surface area (Å²) in [6.07, 6.45) is 1.98. The number of halogens is 1. The van der Waals surface area contributed by atoms with Gasteiger partial charge in [-0.2, -0.15) is 0 Å². The summed E-state index contributed by atoms with van der Waals surface area (Å²) in [5.41, 5.74) is -1.75. The molecule has 2 rings (SSSR count). The fraction of sp³-hybridized carbons (Fsp3) is 0.560. The number of hydrogen-bond acceptors (Lipinski definition) is 8. The average Bonchev–Trinajstić information content (AvgIpc) is 3.09. The van der Waals surface area contributed by atoms with Crippen molar-refractivity contribution in [1.82, 2.24) is 0 Å². The number of aromatic carboxylic acids is 1. The first kappa shape index (κ1) is 28.7. The summed E-state index contributed by atoms with van der Waals surface area (Å²) in [5.74, 6) is -1.70. The summed E-state index contributed by atoms with van der Waals surface area (Å²) < 4.78 is 41.6. The minimum atomic E-state index is -2.02. The number of aliphatic hydroxyl groups excluding tert-OH is 2. The predicted octanol–water partition coefficient (Wildman–Crippen LogP) is 3.33. The van der Waals surface area contributed by atoms with Gasteiger partial charge in [0.1, 0.15) is 29.3 Å². The summed E-state index contributed by atoms with van der Waals surface area (Å²) in [6.45, 7) is 5.77. The van der Waals surface area contributed by atoms with Crippen LogP contribution in [-0.2, 0) is 14.2 Å². The monoisotopic (exact) mass is 498 g/mol. The molecule has 1 heterocycles. The summed E-state index contributed by atoms with van der Waals surface area (Å²) in [7, 11) is 2.87. The number of hydrogen-bond donors (Lipinski definition) is 3. The Morgan fingerprint density at radius 2 is 1.97 bits per heavy atom. The molecule has 35 heavy (non-hydrogen) atoms. The van der Waals surface area contributed by atoms with E-state index in [2.05, 4.69) is 0 Å². The SMILES string of the molecule is COCOc1cc(OC)cc(/C=C/C[C@@H]2OC(C)(C)O[C@@H]2C(O)/C=C\C(C)(F)C(C)O)c1C(=O)O. The second-order valence-corrected chi connectivity index (χ2v) is 8.90. The molecule has 3 N–H and O–H groups in total. The summed E-state index contributed by atoms with van der Waals surface area (Å²) >= 11 is 0. The van der Waals surface area contributed by atoms with E-state index in [0.29, 0.717) is 11.3 Å². The number of carbonyl (C=O) groups is 1. The Balaban J connectivity index is 2.27. The summed E-state index contributed by atoms with van der Waals surface area (Å²) in [4.78, 5) is 11.9. The largest absolute Gasteiger partial charge is 0.497 e. The van der Waals surface area contributed by atoms with Crippen LogP contribution < -0.4 is 9.47 Å². The van der Waals surface area contributed by atoms with E-state index >= 15 is 0 Å². The van der Waals surface area contributed by atoms with E-state index in [1.807, 2.05) is 0 Å². The Kier molecular flexibility index (Phi) is 9.82. The lowest BCUT2D eigenvalue weighted by atomic mass is 9.98. The molecule has 1 saturated heterocycles. The van der Waals surface area contributed by atoms with Crippen molar-refractivity contribution in [3.8, 4) is 11.5 Å². The van der Waals surface area contributed by atoms with Crippen LogP contribution in [-0.4, -0.2) is 78.2 Å². The maximum atomic E-state index is 14.4. The van der Waals surface area contributed by atoms with Crippen LogP contribution in [0, 0.1) is 0 Å². The molecular weight excluding hydrogens is 463 g/mol. The van der Waals surface area contributed by atoms with Gasteiger partial charge < -0.3 is 39.0 Å². The average molecular weight is 499 g/mol. The molecule has 0 radical (unpaired) electrons. The van der Waals surface area contributed by atoms with Crippen LogP contribution in [0.2, 0.25) is 0 Å². The second-order valence-electron chi connectivity index (χ2n) is 8.90. The van der Waals surface area contributed by atoms with Gasteiger partial charge in [0.25, 0.3) is 0 Å². The van der Waals surface area contributed by atoms with Gasteiger partial charge in [0.15, 0.2) is 18.2 Å². The fourth-order valence-electron chi connectivity index (χ4n) is 3.52. The molecule has 3 unspecified atom stereocenters. The number of rotatable bonds is 12. The van der Waals surface area contributed by atoms with Gasteiger partial charge in [0.2, 0.25) is 0 Å². The van der Waals surface area contributed by atoms with E-state index in [0.717, 1.165) is 6.08 Å². The van der Waals surface area contributed by atoms with Gasteiger partial charge in [-0.05, 0) is 51.8 Å². The molecule has 1 aromatic rings. The quantitative estimate of drug-likeness (QED) is 0.294. The van der Waals surface area contributed by atoms with Crippen LogP contribution in [0.3, 0.4) is 0 Å². The first-order valence-corrected chi connectivity index (χ1v) is 11.1. The van der Waals surface area contributed by atoms with Crippen LogP contribution in [0.5, 0.6) is 11.5 Å². The number of ether oxygens (including phenoxy) is 5. The van der Waals surface area contributed by atoms with Crippen molar-refractivity contribution in [2.75, 3.05) is 21.0 Å². The third-order valence-electron chi connectivity index (χ3n) is 5.55. The first-order valence-electron chi connectivity index (χ1n) is 11.1. The van der Waals surface area contributed by atoms with Crippen LogP contribution in [0.1, 0.15) is 50.0 Å². The Bertz CT molecular complexity index is 924. The molecular formula is C25H35FO9. The molecule has 1 aliphatic heterocycles. The van der Waals surface area contributed by atoms with Gasteiger partial charge in [-0.15, -0.1) is 0 Å². The predicted molar refractivity (Wildman–Crippen MR) is 126 cm³/mol.